The van der Waals surface area contributed by atoms with Gasteiger partial charge in [0.25, 0.3) is 0 Å². The minimum absolute atomic E-state index is 0.148. The number of piperidine rings is 1. The molecule has 6 heteroatoms. The van der Waals surface area contributed by atoms with E-state index >= 15 is 0 Å². The maximum Gasteiger partial charge on any atom is 0.226 e. The predicted molar refractivity (Wildman–Crippen MR) is 95.2 cm³/mol. The lowest BCUT2D eigenvalue weighted by atomic mass is 10.0. The first kappa shape index (κ1) is 16.4. The largest absolute Gasteiger partial charge is 0.340 e. The lowest BCUT2D eigenvalue weighted by Crippen LogP contribution is -2.42. The number of aromatic nitrogens is 4. The maximum absolute atomic E-state index is 13.0. The van der Waals surface area contributed by atoms with Gasteiger partial charge in [0, 0.05) is 50.6 Å². The second-order valence-corrected chi connectivity index (χ2v) is 7.82. The van der Waals surface area contributed by atoms with E-state index in [0.717, 1.165) is 38.2 Å². The van der Waals surface area contributed by atoms with Crippen LogP contribution in [0.4, 0.5) is 0 Å². The summed E-state index contributed by atoms with van der Waals surface area (Å²) < 4.78 is 4.11. The summed E-state index contributed by atoms with van der Waals surface area (Å²) in [6, 6.07) is 0.355. The Labute approximate surface area is 148 Å². The molecule has 0 bridgehead atoms. The van der Waals surface area contributed by atoms with Crippen LogP contribution in [0.1, 0.15) is 62.4 Å². The molecule has 0 unspecified atom stereocenters. The molecule has 2 aliphatic rings. The van der Waals surface area contributed by atoms with Crippen molar-refractivity contribution < 1.29 is 4.79 Å². The van der Waals surface area contributed by atoms with E-state index in [1.165, 1.54) is 5.56 Å². The van der Waals surface area contributed by atoms with E-state index in [0.29, 0.717) is 23.8 Å². The van der Waals surface area contributed by atoms with Crippen molar-refractivity contribution in [3.05, 3.63) is 36.2 Å². The predicted octanol–water partition coefficient (Wildman–Crippen LogP) is 2.71. The molecule has 2 aromatic heterocycles. The molecule has 0 N–H and O–H groups in total. The first-order valence-electron chi connectivity index (χ1n) is 9.34. The van der Waals surface area contributed by atoms with Crippen LogP contribution in [-0.4, -0.2) is 43.2 Å². The number of nitrogens with zero attached hydrogens (tertiary/aromatic N) is 5. The molecule has 1 aliphatic heterocycles. The fourth-order valence-corrected chi connectivity index (χ4v) is 4.16. The molecular weight excluding hydrogens is 314 g/mol. The van der Waals surface area contributed by atoms with Crippen LogP contribution >= 0.6 is 0 Å². The zero-order valence-corrected chi connectivity index (χ0v) is 15.3. The van der Waals surface area contributed by atoms with Crippen LogP contribution in [0.15, 0.2) is 24.8 Å². The molecular formula is C19H27N5O. The van der Waals surface area contributed by atoms with Crippen molar-refractivity contribution in [2.45, 2.75) is 51.0 Å². The maximum atomic E-state index is 13.0. The summed E-state index contributed by atoms with van der Waals surface area (Å²) in [5.74, 6) is 2.36. The standard InChI is InChI=1S/C19H27N5O/c1-13(2)18-20-6-8-24(18)15-5-4-7-23(12-15)19(25)17-9-16(17)14-10-21-22(3)11-14/h6,8,10-11,13,15-17H,4-5,7,9,12H2,1-3H3/t15-,16-,17-/m1/s1. The number of carbonyl (C=O) groups excluding carboxylic acids is 1. The molecule has 0 spiro atoms. The number of amides is 1. The van der Waals surface area contributed by atoms with Gasteiger partial charge in [0.05, 0.1) is 12.2 Å². The van der Waals surface area contributed by atoms with E-state index in [-0.39, 0.29) is 5.92 Å². The smallest absolute Gasteiger partial charge is 0.226 e. The van der Waals surface area contributed by atoms with Crippen LogP contribution in [0.3, 0.4) is 0 Å². The van der Waals surface area contributed by atoms with Gasteiger partial charge in [-0.1, -0.05) is 13.8 Å². The third-order valence-electron chi connectivity index (χ3n) is 5.58. The SMILES string of the molecule is CC(C)c1nccn1[C@@H]1CCCN(C(=O)[C@@H]2C[C@@H]2c2cnn(C)c2)C1. The summed E-state index contributed by atoms with van der Waals surface area (Å²) in [7, 11) is 1.93. The van der Waals surface area contributed by atoms with Crippen LogP contribution in [0, 0.1) is 5.92 Å². The molecule has 1 amide bonds. The van der Waals surface area contributed by atoms with Crippen LogP contribution in [0.2, 0.25) is 0 Å². The molecule has 2 fully saturated rings. The molecule has 25 heavy (non-hydrogen) atoms. The number of hydrogen-bond acceptors (Lipinski definition) is 3. The number of rotatable bonds is 4. The highest BCUT2D eigenvalue weighted by Gasteiger charge is 2.47. The minimum atomic E-state index is 0.148. The van der Waals surface area contributed by atoms with Gasteiger partial charge in [-0.05, 0) is 30.7 Å². The second-order valence-electron chi connectivity index (χ2n) is 7.82. The van der Waals surface area contributed by atoms with Gasteiger partial charge in [-0.15, -0.1) is 0 Å². The van der Waals surface area contributed by atoms with E-state index in [4.69, 9.17) is 0 Å². The Kier molecular flexibility index (Phi) is 4.13. The van der Waals surface area contributed by atoms with E-state index in [2.05, 4.69) is 39.6 Å². The second kappa shape index (κ2) is 6.32. The normalized spacial score (nSPS) is 26.2. The van der Waals surface area contributed by atoms with E-state index in [1.54, 1.807) is 0 Å². The van der Waals surface area contributed by atoms with Gasteiger partial charge in [0.15, 0.2) is 0 Å². The van der Waals surface area contributed by atoms with Gasteiger partial charge in [0.1, 0.15) is 5.82 Å². The fourth-order valence-electron chi connectivity index (χ4n) is 4.16. The fraction of sp³-hybridized carbons (Fsp3) is 0.632. The Hall–Kier alpha value is -2.11. The van der Waals surface area contributed by atoms with Gasteiger partial charge in [-0.25, -0.2) is 4.98 Å². The van der Waals surface area contributed by atoms with Crippen molar-refractivity contribution in [2.75, 3.05) is 13.1 Å². The van der Waals surface area contributed by atoms with Crippen molar-refractivity contribution in [3.63, 3.8) is 0 Å². The third-order valence-corrected chi connectivity index (χ3v) is 5.58. The van der Waals surface area contributed by atoms with E-state index in [1.807, 2.05) is 30.3 Å². The molecule has 1 saturated heterocycles. The Balaban J connectivity index is 1.43. The van der Waals surface area contributed by atoms with Crippen molar-refractivity contribution in [1.82, 2.24) is 24.2 Å². The van der Waals surface area contributed by atoms with Crippen LogP contribution in [0.5, 0.6) is 0 Å². The quantitative estimate of drug-likeness (QED) is 0.859. The van der Waals surface area contributed by atoms with Crippen molar-refractivity contribution in [2.24, 2.45) is 13.0 Å². The zero-order chi connectivity index (χ0) is 17.6. The van der Waals surface area contributed by atoms with E-state index in [9.17, 15) is 4.79 Å². The summed E-state index contributed by atoms with van der Waals surface area (Å²) in [6.45, 7) is 6.04. The average molecular weight is 341 g/mol. The van der Waals surface area contributed by atoms with Crippen LogP contribution in [-0.2, 0) is 11.8 Å². The monoisotopic (exact) mass is 341 g/mol. The molecule has 3 atom stereocenters. The molecule has 1 aliphatic carbocycles. The first-order chi connectivity index (χ1) is 12.0. The minimum Gasteiger partial charge on any atom is -0.340 e. The number of aryl methyl sites for hydroxylation is 1. The molecule has 0 radical (unpaired) electrons. The molecule has 6 nitrogen and oxygen atoms in total. The van der Waals surface area contributed by atoms with Gasteiger partial charge >= 0.3 is 0 Å². The molecule has 134 valence electrons. The lowest BCUT2D eigenvalue weighted by Gasteiger charge is -2.34. The first-order valence-corrected chi connectivity index (χ1v) is 9.34. The van der Waals surface area contributed by atoms with Gasteiger partial charge in [0.2, 0.25) is 5.91 Å². The lowest BCUT2D eigenvalue weighted by molar-refractivity contribution is -0.134. The summed E-state index contributed by atoms with van der Waals surface area (Å²) in [6.07, 6.45) is 11.1. The Bertz CT molecular complexity index is 761. The number of carbonyl (C=O) groups is 1. The molecule has 2 aromatic rings. The Morgan fingerprint density at radius 2 is 2.20 bits per heavy atom. The number of imidazole rings is 1. The van der Waals surface area contributed by atoms with Crippen LogP contribution in [0.25, 0.3) is 0 Å². The highest BCUT2D eigenvalue weighted by atomic mass is 16.2. The topological polar surface area (TPSA) is 56.0 Å². The Morgan fingerprint density at radius 3 is 2.92 bits per heavy atom. The van der Waals surface area contributed by atoms with Gasteiger partial charge in [-0.3, -0.25) is 9.48 Å². The third kappa shape index (κ3) is 3.10. The summed E-state index contributed by atoms with van der Waals surface area (Å²) in [5, 5.41) is 4.24. The van der Waals surface area contributed by atoms with Gasteiger partial charge < -0.3 is 9.47 Å². The van der Waals surface area contributed by atoms with Crippen molar-refractivity contribution >= 4 is 5.91 Å². The molecule has 1 saturated carbocycles. The van der Waals surface area contributed by atoms with E-state index < -0.39 is 0 Å². The van der Waals surface area contributed by atoms with Crippen molar-refractivity contribution in [1.29, 1.82) is 0 Å². The van der Waals surface area contributed by atoms with Crippen LogP contribution < -0.4 is 0 Å². The highest BCUT2D eigenvalue weighted by Crippen LogP contribution is 2.48. The summed E-state index contributed by atoms with van der Waals surface area (Å²) >= 11 is 0. The summed E-state index contributed by atoms with van der Waals surface area (Å²) in [5.41, 5.74) is 1.20. The average Bonchev–Trinajstić information content (AvgIpc) is 3.03. The van der Waals surface area contributed by atoms with Gasteiger partial charge in [-0.2, -0.15) is 5.10 Å². The molecule has 0 aromatic carbocycles. The molecule has 3 heterocycles. The van der Waals surface area contributed by atoms with Crippen molar-refractivity contribution in [3.8, 4) is 0 Å². The number of hydrogen-bond donors (Lipinski definition) is 0. The Morgan fingerprint density at radius 1 is 1.36 bits per heavy atom. The molecule has 4 rings (SSSR count). The summed E-state index contributed by atoms with van der Waals surface area (Å²) in [4.78, 5) is 19.6. The highest BCUT2D eigenvalue weighted by molar-refractivity contribution is 5.83. The number of likely N-dealkylation sites (tertiary alicyclic amines) is 1. The zero-order valence-electron chi connectivity index (χ0n) is 15.3.